The van der Waals surface area contributed by atoms with Gasteiger partial charge in [-0.2, -0.15) is 0 Å². The largest absolute Gasteiger partial charge is 0.493 e. The second kappa shape index (κ2) is 9.49. The number of benzene rings is 1. The quantitative estimate of drug-likeness (QED) is 0.518. The van der Waals surface area contributed by atoms with Crippen molar-refractivity contribution in [3.8, 4) is 11.5 Å². The van der Waals surface area contributed by atoms with Gasteiger partial charge in [-0.1, -0.05) is 6.07 Å². The van der Waals surface area contributed by atoms with Crippen molar-refractivity contribution in [2.75, 3.05) is 50.6 Å². The second-order valence-corrected chi connectivity index (χ2v) is 8.80. The number of methoxy groups -OCH3 is 2. The number of carbonyl (C=O) groups excluding carboxylic acids is 2. The van der Waals surface area contributed by atoms with Gasteiger partial charge in [-0.05, 0) is 36.8 Å². The molecular weight excluding hydrogens is 468 g/mol. The van der Waals surface area contributed by atoms with E-state index in [-0.39, 0.29) is 23.0 Å². The molecule has 4 heterocycles. The van der Waals surface area contributed by atoms with Crippen molar-refractivity contribution in [3.05, 3.63) is 41.3 Å². The second-order valence-electron chi connectivity index (χ2n) is 8.43. The summed E-state index contributed by atoms with van der Waals surface area (Å²) in [6, 6.07) is 8.77. The lowest BCUT2D eigenvalue weighted by Crippen LogP contribution is -2.49. The first-order chi connectivity index (χ1) is 17.0. The highest BCUT2D eigenvalue weighted by atomic mass is 32.1. The Balaban J connectivity index is 1.26. The van der Waals surface area contributed by atoms with Crippen molar-refractivity contribution in [1.82, 2.24) is 19.4 Å². The number of ether oxygens (including phenoxy) is 2. The zero-order valence-corrected chi connectivity index (χ0v) is 20.4. The Bertz CT molecular complexity index is 1340. The number of fused-ring (bicyclic) bond motifs is 3. The maximum Gasteiger partial charge on any atom is 0.257 e. The minimum Gasteiger partial charge on any atom is -0.493 e. The van der Waals surface area contributed by atoms with Crippen molar-refractivity contribution in [2.24, 2.45) is 0 Å². The molecule has 182 valence electrons. The lowest BCUT2D eigenvalue weighted by molar-refractivity contribution is -0.131. The molecule has 0 spiro atoms. The fraction of sp³-hybridized carbons (Fsp3) is 0.375. The number of hydrogen-bond acceptors (Lipinski definition) is 9. The summed E-state index contributed by atoms with van der Waals surface area (Å²) in [6.45, 7) is 2.71. The Morgan fingerprint density at radius 3 is 2.57 bits per heavy atom. The lowest BCUT2D eigenvalue weighted by atomic mass is 10.1. The topological polar surface area (TPSA) is 102 Å². The molecule has 1 fully saturated rings. The summed E-state index contributed by atoms with van der Waals surface area (Å²) in [5.74, 6) is 2.37. The number of piperazine rings is 1. The first-order valence-corrected chi connectivity index (χ1v) is 11.8. The smallest absolute Gasteiger partial charge is 0.257 e. The van der Waals surface area contributed by atoms with E-state index >= 15 is 0 Å². The van der Waals surface area contributed by atoms with E-state index in [1.165, 1.54) is 4.57 Å². The minimum absolute atomic E-state index is 0.0363. The van der Waals surface area contributed by atoms with E-state index in [2.05, 4.69) is 20.2 Å². The molecule has 1 N–H and O–H groups in total. The standard InChI is InChI=1S/C24H26N6O4S/c1-33-18-13-15-17(14-19(18)34-2)27-24(35)30-22(15)26-16(23(30)32)6-7-21(31)29-11-9-28(10-12-29)20-5-3-4-8-25-20/h3-5,8,13-14,16,26H,6-7,9-12H2,1-2H3/t16-/m1/s1. The summed E-state index contributed by atoms with van der Waals surface area (Å²) in [7, 11) is 3.10. The van der Waals surface area contributed by atoms with E-state index in [1.807, 2.05) is 23.1 Å². The predicted molar refractivity (Wildman–Crippen MR) is 134 cm³/mol. The fourth-order valence-corrected chi connectivity index (χ4v) is 4.88. The molecule has 2 aliphatic heterocycles. The number of hydrogen-bond donors (Lipinski definition) is 1. The van der Waals surface area contributed by atoms with Gasteiger partial charge in [-0.15, -0.1) is 0 Å². The molecule has 1 amide bonds. The Kier molecular flexibility index (Phi) is 6.25. The zero-order chi connectivity index (χ0) is 24.5. The van der Waals surface area contributed by atoms with Crippen LogP contribution in [0.3, 0.4) is 0 Å². The molecule has 0 bridgehead atoms. The van der Waals surface area contributed by atoms with E-state index in [0.717, 1.165) is 18.9 Å². The monoisotopic (exact) mass is 494 g/mol. The first-order valence-electron chi connectivity index (χ1n) is 11.4. The summed E-state index contributed by atoms with van der Waals surface area (Å²) in [5, 5.41) is 3.97. The Labute approximate surface area is 207 Å². The van der Waals surface area contributed by atoms with Crippen molar-refractivity contribution < 1.29 is 19.1 Å². The lowest BCUT2D eigenvalue weighted by Gasteiger charge is -2.35. The number of carbonyl (C=O) groups is 2. The molecule has 3 aromatic rings. The van der Waals surface area contributed by atoms with E-state index < -0.39 is 6.04 Å². The van der Waals surface area contributed by atoms with Crippen LogP contribution in [-0.2, 0) is 4.79 Å². The first kappa shape index (κ1) is 23.0. The summed E-state index contributed by atoms with van der Waals surface area (Å²) >= 11 is 5.40. The third-order valence-corrected chi connectivity index (χ3v) is 6.74. The summed E-state index contributed by atoms with van der Waals surface area (Å²) < 4.78 is 12.3. The van der Waals surface area contributed by atoms with Crippen molar-refractivity contribution in [1.29, 1.82) is 0 Å². The van der Waals surface area contributed by atoms with Gasteiger partial charge in [-0.3, -0.25) is 9.59 Å². The van der Waals surface area contributed by atoms with Crippen LogP contribution in [-0.4, -0.2) is 77.7 Å². The van der Waals surface area contributed by atoms with E-state index in [4.69, 9.17) is 21.7 Å². The van der Waals surface area contributed by atoms with E-state index in [1.54, 1.807) is 32.5 Å². The van der Waals surface area contributed by atoms with Crippen LogP contribution in [0.4, 0.5) is 11.6 Å². The average Bonchev–Trinajstić information content (AvgIpc) is 3.24. The number of aromatic nitrogens is 3. The van der Waals surface area contributed by atoms with E-state index in [0.29, 0.717) is 47.7 Å². The average molecular weight is 495 g/mol. The van der Waals surface area contributed by atoms with Gasteiger partial charge in [0.2, 0.25) is 10.7 Å². The fourth-order valence-electron chi connectivity index (χ4n) is 4.60. The molecule has 11 heteroatoms. The van der Waals surface area contributed by atoms with Crippen molar-refractivity contribution in [3.63, 3.8) is 0 Å². The highest BCUT2D eigenvalue weighted by molar-refractivity contribution is 7.71. The highest BCUT2D eigenvalue weighted by Gasteiger charge is 2.33. The van der Waals surface area contributed by atoms with Crippen LogP contribution in [0.1, 0.15) is 17.6 Å². The van der Waals surface area contributed by atoms with Gasteiger partial charge in [-0.25, -0.2) is 14.5 Å². The van der Waals surface area contributed by atoms with Gasteiger partial charge >= 0.3 is 0 Å². The molecule has 1 aromatic carbocycles. The molecule has 10 nitrogen and oxygen atoms in total. The molecule has 1 saturated heterocycles. The van der Waals surface area contributed by atoms with Gasteiger partial charge in [0.15, 0.2) is 11.5 Å². The molecule has 0 aliphatic carbocycles. The third kappa shape index (κ3) is 4.27. The zero-order valence-electron chi connectivity index (χ0n) is 19.6. The summed E-state index contributed by atoms with van der Waals surface area (Å²) in [4.78, 5) is 38.8. The Morgan fingerprint density at radius 2 is 1.89 bits per heavy atom. The maximum atomic E-state index is 13.1. The number of anilines is 2. The molecule has 0 unspecified atom stereocenters. The molecule has 5 rings (SSSR count). The SMILES string of the molecule is COc1cc2nc(=S)n3c(c2cc1OC)N[C@H](CCC(=O)N1CCN(c2ccccn2)CC1)C3=O. The molecular formula is C24H26N6O4S. The minimum atomic E-state index is -0.559. The van der Waals surface area contributed by atoms with Crippen LogP contribution >= 0.6 is 12.2 Å². The molecule has 2 aliphatic rings. The number of nitrogens with one attached hydrogen (secondary N) is 1. The molecule has 2 aromatic heterocycles. The van der Waals surface area contributed by atoms with Crippen LogP contribution < -0.4 is 19.7 Å². The van der Waals surface area contributed by atoms with Gasteiger partial charge in [0.1, 0.15) is 17.7 Å². The number of rotatable bonds is 6. The Morgan fingerprint density at radius 1 is 1.14 bits per heavy atom. The van der Waals surface area contributed by atoms with Crippen molar-refractivity contribution >= 4 is 46.6 Å². The van der Waals surface area contributed by atoms with Gasteiger partial charge in [0.05, 0.1) is 19.7 Å². The van der Waals surface area contributed by atoms with Crippen LogP contribution in [0.25, 0.3) is 10.9 Å². The van der Waals surface area contributed by atoms with Crippen molar-refractivity contribution in [2.45, 2.75) is 18.9 Å². The molecule has 35 heavy (non-hydrogen) atoms. The molecule has 1 atom stereocenters. The molecule has 0 radical (unpaired) electrons. The van der Waals surface area contributed by atoms with Gasteiger partial charge < -0.3 is 24.6 Å². The van der Waals surface area contributed by atoms with Crippen LogP contribution in [0, 0.1) is 4.77 Å². The predicted octanol–water partition coefficient (Wildman–Crippen LogP) is 2.74. The Hall–Kier alpha value is -3.73. The summed E-state index contributed by atoms with van der Waals surface area (Å²) in [6.07, 6.45) is 2.40. The van der Waals surface area contributed by atoms with Crippen LogP contribution in [0.15, 0.2) is 36.5 Å². The third-order valence-electron chi connectivity index (χ3n) is 6.47. The number of pyridine rings is 1. The molecule has 0 saturated carbocycles. The van der Waals surface area contributed by atoms with Crippen LogP contribution in [0.5, 0.6) is 11.5 Å². The number of nitrogens with zero attached hydrogens (tertiary/aromatic N) is 5. The number of amides is 1. The van der Waals surface area contributed by atoms with E-state index in [9.17, 15) is 9.59 Å². The summed E-state index contributed by atoms with van der Waals surface area (Å²) in [5.41, 5.74) is 0.599. The normalized spacial score (nSPS) is 17.3. The van der Waals surface area contributed by atoms with Gasteiger partial charge in [0, 0.05) is 50.2 Å². The van der Waals surface area contributed by atoms with Gasteiger partial charge in [0.25, 0.3) is 5.91 Å². The highest BCUT2D eigenvalue weighted by Crippen LogP contribution is 2.37. The maximum absolute atomic E-state index is 13.1. The van der Waals surface area contributed by atoms with Crippen LogP contribution in [0.2, 0.25) is 0 Å².